The standard InChI is InChI=1S/C16H14N2O4/c17-10-11-5-6-13(12-3-1-2-4-14(12)19)15(9-11)22-8-7-18-16(20)21/h1-6,9,18-19H,7-8H2,(H,20,21). The molecule has 0 saturated carbocycles. The molecule has 3 N–H and O–H groups in total. The first-order valence-electron chi connectivity index (χ1n) is 6.54. The van der Waals surface area contributed by atoms with E-state index >= 15 is 0 Å². The number of hydrogen-bond donors (Lipinski definition) is 3. The Hall–Kier alpha value is -3.20. The Morgan fingerprint density at radius 3 is 2.68 bits per heavy atom. The number of rotatable bonds is 5. The molecule has 6 heteroatoms. The highest BCUT2D eigenvalue weighted by atomic mass is 16.5. The van der Waals surface area contributed by atoms with Crippen LogP contribution >= 0.6 is 0 Å². The number of ether oxygens (including phenoxy) is 1. The van der Waals surface area contributed by atoms with Crippen LogP contribution in [0.3, 0.4) is 0 Å². The predicted octanol–water partition coefficient (Wildman–Crippen LogP) is 2.58. The summed E-state index contributed by atoms with van der Waals surface area (Å²) in [5.41, 5.74) is 1.63. The molecular formula is C16H14N2O4. The van der Waals surface area contributed by atoms with Crippen LogP contribution in [0.2, 0.25) is 0 Å². The Kier molecular flexibility index (Phi) is 4.83. The molecule has 22 heavy (non-hydrogen) atoms. The van der Waals surface area contributed by atoms with Crippen molar-refractivity contribution in [2.75, 3.05) is 13.2 Å². The first-order valence-corrected chi connectivity index (χ1v) is 6.54. The van der Waals surface area contributed by atoms with Gasteiger partial charge in [-0.15, -0.1) is 0 Å². The maximum Gasteiger partial charge on any atom is 0.404 e. The van der Waals surface area contributed by atoms with Crippen LogP contribution < -0.4 is 10.1 Å². The molecule has 0 spiro atoms. The Morgan fingerprint density at radius 1 is 1.23 bits per heavy atom. The van der Waals surface area contributed by atoms with Gasteiger partial charge in [-0.25, -0.2) is 4.79 Å². The molecule has 0 saturated heterocycles. The second-order valence-electron chi connectivity index (χ2n) is 4.42. The largest absolute Gasteiger partial charge is 0.507 e. The van der Waals surface area contributed by atoms with Crippen molar-refractivity contribution < 1.29 is 19.7 Å². The summed E-state index contributed by atoms with van der Waals surface area (Å²) >= 11 is 0. The first kappa shape index (κ1) is 15.2. The maximum atomic E-state index is 10.4. The summed E-state index contributed by atoms with van der Waals surface area (Å²) in [6.45, 7) is 0.230. The van der Waals surface area contributed by atoms with E-state index in [1.54, 1.807) is 42.5 Å². The number of aromatic hydroxyl groups is 1. The number of benzene rings is 2. The van der Waals surface area contributed by atoms with Crippen molar-refractivity contribution in [3.8, 4) is 28.7 Å². The van der Waals surface area contributed by atoms with Crippen LogP contribution in [0.25, 0.3) is 11.1 Å². The normalized spacial score (nSPS) is 9.77. The molecule has 1 amide bonds. The van der Waals surface area contributed by atoms with Gasteiger partial charge in [0.05, 0.1) is 18.2 Å². The van der Waals surface area contributed by atoms with Gasteiger partial charge in [0.25, 0.3) is 0 Å². The van der Waals surface area contributed by atoms with E-state index in [2.05, 4.69) is 5.32 Å². The van der Waals surface area contributed by atoms with E-state index in [0.717, 1.165) is 0 Å². The van der Waals surface area contributed by atoms with E-state index in [-0.39, 0.29) is 18.9 Å². The van der Waals surface area contributed by atoms with Crippen molar-refractivity contribution in [1.29, 1.82) is 5.26 Å². The lowest BCUT2D eigenvalue weighted by Gasteiger charge is -2.13. The number of nitrogens with one attached hydrogen (secondary N) is 1. The van der Waals surface area contributed by atoms with E-state index in [4.69, 9.17) is 15.1 Å². The van der Waals surface area contributed by atoms with Crippen molar-refractivity contribution in [1.82, 2.24) is 5.32 Å². The van der Waals surface area contributed by atoms with Crippen LogP contribution in [-0.2, 0) is 0 Å². The quantitative estimate of drug-likeness (QED) is 0.736. The van der Waals surface area contributed by atoms with Gasteiger partial charge in [0.1, 0.15) is 18.1 Å². The highest BCUT2D eigenvalue weighted by Crippen LogP contribution is 2.36. The summed E-state index contributed by atoms with van der Waals surface area (Å²) in [5, 5.41) is 29.6. The van der Waals surface area contributed by atoms with Gasteiger partial charge >= 0.3 is 6.09 Å². The predicted molar refractivity (Wildman–Crippen MR) is 79.8 cm³/mol. The lowest BCUT2D eigenvalue weighted by atomic mass is 10.0. The minimum Gasteiger partial charge on any atom is -0.507 e. The summed E-state index contributed by atoms with van der Waals surface area (Å²) in [6.07, 6.45) is -1.13. The molecule has 0 bridgehead atoms. The fourth-order valence-electron chi connectivity index (χ4n) is 1.95. The minimum atomic E-state index is -1.13. The van der Waals surface area contributed by atoms with Crippen molar-refractivity contribution in [2.24, 2.45) is 0 Å². The Labute approximate surface area is 127 Å². The maximum absolute atomic E-state index is 10.4. The van der Waals surface area contributed by atoms with E-state index in [1.807, 2.05) is 6.07 Å². The summed E-state index contributed by atoms with van der Waals surface area (Å²) in [7, 11) is 0. The number of carbonyl (C=O) groups is 1. The van der Waals surface area contributed by atoms with Crippen LogP contribution in [0, 0.1) is 11.3 Å². The number of nitriles is 1. The molecule has 6 nitrogen and oxygen atoms in total. The van der Waals surface area contributed by atoms with Crippen LogP contribution in [0.5, 0.6) is 11.5 Å². The molecule has 0 unspecified atom stereocenters. The lowest BCUT2D eigenvalue weighted by molar-refractivity contribution is 0.191. The summed E-state index contributed by atoms with van der Waals surface area (Å²) < 4.78 is 5.55. The van der Waals surface area contributed by atoms with E-state index in [0.29, 0.717) is 22.4 Å². The average Bonchev–Trinajstić information content (AvgIpc) is 2.52. The topological polar surface area (TPSA) is 103 Å². The number of hydrogen-bond acceptors (Lipinski definition) is 4. The SMILES string of the molecule is N#Cc1ccc(-c2ccccc2O)c(OCCNC(=O)O)c1. The van der Waals surface area contributed by atoms with Gasteiger partial charge in [0.2, 0.25) is 0 Å². The van der Waals surface area contributed by atoms with Crippen molar-refractivity contribution in [3.63, 3.8) is 0 Å². The van der Waals surface area contributed by atoms with Crippen molar-refractivity contribution in [3.05, 3.63) is 48.0 Å². The molecule has 0 fully saturated rings. The van der Waals surface area contributed by atoms with Gasteiger partial charge < -0.3 is 20.3 Å². The van der Waals surface area contributed by atoms with Crippen LogP contribution in [-0.4, -0.2) is 29.5 Å². The van der Waals surface area contributed by atoms with Gasteiger partial charge in [-0.1, -0.05) is 18.2 Å². The Morgan fingerprint density at radius 2 is 2.00 bits per heavy atom. The highest BCUT2D eigenvalue weighted by Gasteiger charge is 2.11. The van der Waals surface area contributed by atoms with Crippen LogP contribution in [0.4, 0.5) is 4.79 Å². The molecule has 112 valence electrons. The number of amides is 1. The average molecular weight is 298 g/mol. The third-order valence-corrected chi connectivity index (χ3v) is 2.94. The van der Waals surface area contributed by atoms with Gasteiger partial charge in [-0.3, -0.25) is 0 Å². The van der Waals surface area contributed by atoms with E-state index < -0.39 is 6.09 Å². The van der Waals surface area contributed by atoms with Gasteiger partial charge in [-0.05, 0) is 24.3 Å². The Bertz CT molecular complexity index is 722. The Balaban J connectivity index is 2.28. The molecule has 0 radical (unpaired) electrons. The zero-order valence-corrected chi connectivity index (χ0v) is 11.6. The zero-order chi connectivity index (χ0) is 15.9. The fourth-order valence-corrected chi connectivity index (χ4v) is 1.95. The molecular weight excluding hydrogens is 284 g/mol. The smallest absolute Gasteiger partial charge is 0.404 e. The molecule has 0 aliphatic heterocycles. The van der Waals surface area contributed by atoms with Crippen LogP contribution in [0.15, 0.2) is 42.5 Å². The lowest BCUT2D eigenvalue weighted by Crippen LogP contribution is -2.26. The number of phenols is 1. The van der Waals surface area contributed by atoms with Crippen molar-refractivity contribution >= 4 is 6.09 Å². The van der Waals surface area contributed by atoms with Crippen molar-refractivity contribution in [2.45, 2.75) is 0 Å². The summed E-state index contributed by atoms with van der Waals surface area (Å²) in [6, 6.07) is 13.7. The molecule has 2 rings (SSSR count). The molecule has 0 aromatic heterocycles. The van der Waals surface area contributed by atoms with Crippen LogP contribution in [0.1, 0.15) is 5.56 Å². The van der Waals surface area contributed by atoms with Gasteiger partial charge in [0, 0.05) is 11.1 Å². The zero-order valence-electron chi connectivity index (χ0n) is 11.6. The molecule has 0 atom stereocenters. The van der Waals surface area contributed by atoms with Gasteiger partial charge in [0.15, 0.2) is 0 Å². The summed E-state index contributed by atoms with van der Waals surface area (Å²) in [5.74, 6) is 0.508. The third kappa shape index (κ3) is 3.67. The number of para-hydroxylation sites is 1. The molecule has 0 aliphatic carbocycles. The molecule has 0 heterocycles. The first-order chi connectivity index (χ1) is 10.6. The second-order valence-corrected chi connectivity index (χ2v) is 4.42. The van der Waals surface area contributed by atoms with E-state index in [1.165, 1.54) is 0 Å². The third-order valence-electron chi connectivity index (χ3n) is 2.94. The van der Waals surface area contributed by atoms with E-state index in [9.17, 15) is 9.90 Å². The second kappa shape index (κ2) is 6.99. The number of nitrogens with zero attached hydrogens (tertiary/aromatic N) is 1. The number of carboxylic acid groups (broad SMARTS) is 1. The molecule has 0 aliphatic rings. The fraction of sp³-hybridized carbons (Fsp3) is 0.125. The summed E-state index contributed by atoms with van der Waals surface area (Å²) in [4.78, 5) is 10.4. The molecule has 2 aromatic rings. The number of phenolic OH excluding ortho intramolecular Hbond substituents is 1. The molecule has 2 aromatic carbocycles. The monoisotopic (exact) mass is 298 g/mol. The minimum absolute atomic E-state index is 0.0979. The highest BCUT2D eigenvalue weighted by molar-refractivity contribution is 5.76. The van der Waals surface area contributed by atoms with Gasteiger partial charge in [-0.2, -0.15) is 5.26 Å².